The average Bonchev–Trinajstić information content (AvgIpc) is 2.25. The number of hydrogen-bond acceptors (Lipinski definition) is 2. The van der Waals surface area contributed by atoms with E-state index in [-0.39, 0.29) is 5.38 Å². The van der Waals surface area contributed by atoms with Gasteiger partial charge in [-0.05, 0) is 31.0 Å². The summed E-state index contributed by atoms with van der Waals surface area (Å²) in [6, 6.07) is 7.82. The first-order valence-corrected chi connectivity index (χ1v) is 6.46. The molecule has 0 amide bonds. The lowest BCUT2D eigenvalue weighted by atomic mass is 10.2. The predicted molar refractivity (Wildman–Crippen MR) is 70.4 cm³/mol. The zero-order chi connectivity index (χ0) is 11.8. The van der Waals surface area contributed by atoms with Crippen molar-refractivity contribution < 1.29 is 9.47 Å². The molecule has 0 heterocycles. The topological polar surface area (TPSA) is 18.5 Å². The maximum absolute atomic E-state index is 6.00. The van der Waals surface area contributed by atoms with E-state index in [2.05, 4.69) is 15.9 Å². The third kappa shape index (κ3) is 5.73. The van der Waals surface area contributed by atoms with Crippen LogP contribution in [0.1, 0.15) is 12.8 Å². The van der Waals surface area contributed by atoms with Gasteiger partial charge < -0.3 is 9.47 Å². The van der Waals surface area contributed by atoms with Crippen LogP contribution in [-0.2, 0) is 4.74 Å². The number of halogens is 2. The van der Waals surface area contributed by atoms with Gasteiger partial charge in [0.25, 0.3) is 0 Å². The molecule has 1 atom stereocenters. The number of methoxy groups -OCH3 is 1. The molecule has 0 fully saturated rings. The van der Waals surface area contributed by atoms with Crippen molar-refractivity contribution in [2.24, 2.45) is 0 Å². The second-order valence-corrected chi connectivity index (χ2v) is 5.03. The second-order valence-electron chi connectivity index (χ2n) is 3.50. The number of alkyl halides is 1. The minimum Gasteiger partial charge on any atom is -0.494 e. The van der Waals surface area contributed by atoms with Gasteiger partial charge in [0.05, 0.1) is 18.6 Å². The molecule has 0 aromatic heterocycles. The van der Waals surface area contributed by atoms with Crippen molar-refractivity contribution in [1.29, 1.82) is 0 Å². The zero-order valence-electron chi connectivity index (χ0n) is 9.29. The summed E-state index contributed by atoms with van der Waals surface area (Å²) in [5.74, 6) is 0.882. The summed E-state index contributed by atoms with van der Waals surface area (Å²) in [4.78, 5) is 0. The molecule has 16 heavy (non-hydrogen) atoms. The summed E-state index contributed by atoms with van der Waals surface area (Å²) in [6.07, 6.45) is 1.84. The van der Waals surface area contributed by atoms with Crippen molar-refractivity contribution in [1.82, 2.24) is 0 Å². The molecular formula is C12H16BrClO2. The Kier molecular flexibility index (Phi) is 6.85. The van der Waals surface area contributed by atoms with Crippen molar-refractivity contribution in [2.45, 2.75) is 18.2 Å². The van der Waals surface area contributed by atoms with Crippen molar-refractivity contribution >= 4 is 27.5 Å². The van der Waals surface area contributed by atoms with Gasteiger partial charge >= 0.3 is 0 Å². The molecule has 0 aliphatic heterocycles. The van der Waals surface area contributed by atoms with Crippen molar-refractivity contribution in [3.8, 4) is 5.75 Å². The van der Waals surface area contributed by atoms with E-state index in [1.54, 1.807) is 7.11 Å². The molecule has 0 N–H and O–H groups in total. The standard InChI is InChI=1S/C12H16BrClO2/c1-15-9-11(14)5-3-7-16-12-6-2-4-10(13)8-12/h2,4,6,8,11H,3,5,7,9H2,1H3. The summed E-state index contributed by atoms with van der Waals surface area (Å²) in [5, 5.41) is 0.0797. The number of ether oxygens (including phenoxy) is 2. The van der Waals surface area contributed by atoms with Crippen LogP contribution in [0.15, 0.2) is 28.7 Å². The Hall–Kier alpha value is -0.250. The van der Waals surface area contributed by atoms with Crippen LogP contribution in [0, 0.1) is 0 Å². The largest absolute Gasteiger partial charge is 0.494 e. The summed E-state index contributed by atoms with van der Waals surface area (Å²) in [6.45, 7) is 1.28. The smallest absolute Gasteiger partial charge is 0.120 e. The molecule has 1 aromatic rings. The lowest BCUT2D eigenvalue weighted by molar-refractivity contribution is 0.192. The Morgan fingerprint density at radius 1 is 1.44 bits per heavy atom. The molecule has 1 unspecified atom stereocenters. The second kappa shape index (κ2) is 7.93. The summed E-state index contributed by atoms with van der Waals surface area (Å²) < 4.78 is 11.6. The van der Waals surface area contributed by atoms with Crippen LogP contribution in [0.4, 0.5) is 0 Å². The fourth-order valence-corrected chi connectivity index (χ4v) is 1.97. The molecule has 4 heteroatoms. The van der Waals surface area contributed by atoms with Crippen LogP contribution < -0.4 is 4.74 Å². The van der Waals surface area contributed by atoms with Gasteiger partial charge in [-0.15, -0.1) is 11.6 Å². The van der Waals surface area contributed by atoms with Crippen LogP contribution in [0.2, 0.25) is 0 Å². The van der Waals surface area contributed by atoms with Gasteiger partial charge in [0.2, 0.25) is 0 Å². The highest BCUT2D eigenvalue weighted by atomic mass is 79.9. The molecule has 1 aromatic carbocycles. The fraction of sp³-hybridized carbons (Fsp3) is 0.500. The molecule has 0 saturated heterocycles. The minimum absolute atomic E-state index is 0.0797. The molecule has 0 spiro atoms. The zero-order valence-corrected chi connectivity index (χ0v) is 11.6. The van der Waals surface area contributed by atoms with Crippen molar-refractivity contribution in [3.05, 3.63) is 28.7 Å². The lowest BCUT2D eigenvalue weighted by Crippen LogP contribution is -2.09. The van der Waals surface area contributed by atoms with Crippen LogP contribution in [0.3, 0.4) is 0 Å². The van der Waals surface area contributed by atoms with Crippen LogP contribution in [-0.4, -0.2) is 25.7 Å². The number of rotatable bonds is 7. The highest BCUT2D eigenvalue weighted by molar-refractivity contribution is 9.10. The monoisotopic (exact) mass is 306 g/mol. The van der Waals surface area contributed by atoms with Crippen molar-refractivity contribution in [3.63, 3.8) is 0 Å². The average molecular weight is 308 g/mol. The van der Waals surface area contributed by atoms with E-state index in [4.69, 9.17) is 21.1 Å². The molecule has 0 aliphatic carbocycles. The van der Waals surface area contributed by atoms with Gasteiger partial charge in [0.15, 0.2) is 0 Å². The Balaban J connectivity index is 2.16. The summed E-state index contributed by atoms with van der Waals surface area (Å²) in [5.41, 5.74) is 0. The maximum Gasteiger partial charge on any atom is 0.120 e. The van der Waals surface area contributed by atoms with E-state index in [1.807, 2.05) is 24.3 Å². The summed E-state index contributed by atoms with van der Waals surface area (Å²) >= 11 is 9.40. The molecule has 0 radical (unpaired) electrons. The Morgan fingerprint density at radius 3 is 2.94 bits per heavy atom. The minimum atomic E-state index is 0.0797. The first-order valence-electron chi connectivity index (χ1n) is 5.23. The first kappa shape index (κ1) is 13.8. The van der Waals surface area contributed by atoms with Gasteiger partial charge in [-0.1, -0.05) is 22.0 Å². The van der Waals surface area contributed by atoms with Gasteiger partial charge in [-0.3, -0.25) is 0 Å². The third-order valence-corrected chi connectivity index (χ3v) is 2.91. The fourth-order valence-electron chi connectivity index (χ4n) is 1.32. The molecule has 0 aliphatic rings. The van der Waals surface area contributed by atoms with E-state index in [1.165, 1.54) is 0 Å². The molecular weight excluding hydrogens is 291 g/mol. The van der Waals surface area contributed by atoms with Crippen LogP contribution in [0.25, 0.3) is 0 Å². The highest BCUT2D eigenvalue weighted by Crippen LogP contribution is 2.18. The SMILES string of the molecule is COCC(Cl)CCCOc1cccc(Br)c1. The summed E-state index contributed by atoms with van der Waals surface area (Å²) in [7, 11) is 1.66. The Bertz CT molecular complexity index is 307. The number of benzene rings is 1. The quantitative estimate of drug-likeness (QED) is 0.562. The van der Waals surface area contributed by atoms with Gasteiger partial charge in [-0.2, -0.15) is 0 Å². The van der Waals surface area contributed by atoms with E-state index in [9.17, 15) is 0 Å². The predicted octanol–water partition coefficient (Wildman–Crippen LogP) is 3.86. The maximum atomic E-state index is 6.00. The Morgan fingerprint density at radius 2 is 2.25 bits per heavy atom. The normalized spacial score (nSPS) is 12.4. The third-order valence-electron chi connectivity index (χ3n) is 2.07. The molecule has 2 nitrogen and oxygen atoms in total. The molecule has 1 rings (SSSR count). The van der Waals surface area contributed by atoms with Gasteiger partial charge in [0, 0.05) is 11.6 Å². The highest BCUT2D eigenvalue weighted by Gasteiger charge is 2.03. The van der Waals surface area contributed by atoms with E-state index < -0.39 is 0 Å². The van der Waals surface area contributed by atoms with Crippen LogP contribution >= 0.6 is 27.5 Å². The number of hydrogen-bond donors (Lipinski definition) is 0. The van der Waals surface area contributed by atoms with E-state index in [0.717, 1.165) is 23.1 Å². The first-order chi connectivity index (χ1) is 7.72. The Labute approximate surface area is 110 Å². The van der Waals surface area contributed by atoms with E-state index in [0.29, 0.717) is 13.2 Å². The molecule has 0 bridgehead atoms. The van der Waals surface area contributed by atoms with E-state index >= 15 is 0 Å². The lowest BCUT2D eigenvalue weighted by Gasteiger charge is -2.09. The molecule has 90 valence electrons. The van der Waals surface area contributed by atoms with Crippen LogP contribution in [0.5, 0.6) is 5.75 Å². The molecule has 0 saturated carbocycles. The van der Waals surface area contributed by atoms with Crippen molar-refractivity contribution in [2.75, 3.05) is 20.3 Å². The van der Waals surface area contributed by atoms with Gasteiger partial charge in [0.1, 0.15) is 5.75 Å². The van der Waals surface area contributed by atoms with Gasteiger partial charge in [-0.25, -0.2) is 0 Å².